The van der Waals surface area contributed by atoms with Gasteiger partial charge in [-0.05, 0) is 31.2 Å². The summed E-state index contributed by atoms with van der Waals surface area (Å²) < 4.78 is 10.1. The second-order valence-corrected chi connectivity index (χ2v) is 4.22. The Hall–Kier alpha value is -2.24. The van der Waals surface area contributed by atoms with Crippen LogP contribution in [0.4, 0.5) is 5.69 Å². The summed E-state index contributed by atoms with van der Waals surface area (Å²) in [6, 6.07) is 6.63. The number of benzene rings is 1. The predicted octanol–water partition coefficient (Wildman–Crippen LogP) is 0.667. The van der Waals surface area contributed by atoms with Crippen LogP contribution in [0.5, 0.6) is 5.75 Å². The zero-order valence-electron chi connectivity index (χ0n) is 11.3. The first-order chi connectivity index (χ1) is 8.90. The van der Waals surface area contributed by atoms with Crippen LogP contribution in [0.3, 0.4) is 0 Å². The SMILES string of the molecule is CC(OC(=O)COc1ccc(N)cc1)C(=O)N(C)C. The third-order valence-corrected chi connectivity index (χ3v) is 2.33. The summed E-state index contributed by atoms with van der Waals surface area (Å²) in [5.41, 5.74) is 6.13. The van der Waals surface area contributed by atoms with Gasteiger partial charge < -0.3 is 20.1 Å². The van der Waals surface area contributed by atoms with Crippen molar-refractivity contribution in [2.45, 2.75) is 13.0 Å². The van der Waals surface area contributed by atoms with E-state index >= 15 is 0 Å². The van der Waals surface area contributed by atoms with Gasteiger partial charge in [-0.1, -0.05) is 0 Å². The number of hydrogen-bond donors (Lipinski definition) is 1. The molecule has 0 aliphatic heterocycles. The molecule has 6 nitrogen and oxygen atoms in total. The summed E-state index contributed by atoms with van der Waals surface area (Å²) in [6.45, 7) is 1.26. The van der Waals surface area contributed by atoms with Crippen molar-refractivity contribution in [3.63, 3.8) is 0 Å². The lowest BCUT2D eigenvalue weighted by atomic mass is 10.3. The molecule has 1 aromatic carbocycles. The van der Waals surface area contributed by atoms with E-state index in [1.54, 1.807) is 38.4 Å². The number of anilines is 1. The van der Waals surface area contributed by atoms with Gasteiger partial charge in [0.05, 0.1) is 0 Å². The van der Waals surface area contributed by atoms with Gasteiger partial charge in [-0.3, -0.25) is 4.79 Å². The Morgan fingerprint density at radius 1 is 1.26 bits per heavy atom. The summed E-state index contributed by atoms with van der Waals surface area (Å²) in [5.74, 6) is -0.363. The van der Waals surface area contributed by atoms with Crippen molar-refractivity contribution in [3.8, 4) is 5.75 Å². The third-order valence-electron chi connectivity index (χ3n) is 2.33. The summed E-state index contributed by atoms with van der Waals surface area (Å²) in [4.78, 5) is 24.3. The summed E-state index contributed by atoms with van der Waals surface area (Å²) in [5, 5.41) is 0. The first kappa shape index (κ1) is 14.8. The molecule has 0 heterocycles. The minimum Gasteiger partial charge on any atom is -0.482 e. The van der Waals surface area contributed by atoms with E-state index in [0.717, 1.165) is 0 Å². The zero-order chi connectivity index (χ0) is 14.4. The fourth-order valence-electron chi connectivity index (χ4n) is 1.35. The Morgan fingerprint density at radius 2 is 1.84 bits per heavy atom. The van der Waals surface area contributed by atoms with Crippen LogP contribution < -0.4 is 10.5 Å². The number of hydrogen-bond acceptors (Lipinski definition) is 5. The minimum atomic E-state index is -0.822. The number of amides is 1. The van der Waals surface area contributed by atoms with Crippen molar-refractivity contribution in [1.29, 1.82) is 0 Å². The van der Waals surface area contributed by atoms with E-state index in [1.165, 1.54) is 11.8 Å². The van der Waals surface area contributed by atoms with Crippen LogP contribution in [0.15, 0.2) is 24.3 Å². The van der Waals surface area contributed by atoms with E-state index in [2.05, 4.69) is 0 Å². The first-order valence-corrected chi connectivity index (χ1v) is 5.79. The van der Waals surface area contributed by atoms with Gasteiger partial charge in [0, 0.05) is 19.8 Å². The monoisotopic (exact) mass is 266 g/mol. The van der Waals surface area contributed by atoms with Crippen molar-refractivity contribution in [2.24, 2.45) is 0 Å². The highest BCUT2D eigenvalue weighted by Crippen LogP contribution is 2.13. The molecule has 19 heavy (non-hydrogen) atoms. The molecule has 0 saturated carbocycles. The second-order valence-electron chi connectivity index (χ2n) is 4.22. The molecule has 0 aromatic heterocycles. The lowest BCUT2D eigenvalue weighted by Crippen LogP contribution is -2.35. The third kappa shape index (κ3) is 4.87. The highest BCUT2D eigenvalue weighted by atomic mass is 16.6. The molecule has 0 bridgehead atoms. The Morgan fingerprint density at radius 3 is 2.37 bits per heavy atom. The minimum absolute atomic E-state index is 0.255. The molecule has 2 N–H and O–H groups in total. The van der Waals surface area contributed by atoms with Crippen LogP contribution >= 0.6 is 0 Å². The van der Waals surface area contributed by atoms with E-state index in [9.17, 15) is 9.59 Å². The summed E-state index contributed by atoms with van der Waals surface area (Å²) in [6.07, 6.45) is -0.822. The van der Waals surface area contributed by atoms with E-state index in [-0.39, 0.29) is 12.5 Å². The van der Waals surface area contributed by atoms with Crippen molar-refractivity contribution in [3.05, 3.63) is 24.3 Å². The molecule has 1 amide bonds. The van der Waals surface area contributed by atoms with Crippen LogP contribution in [0, 0.1) is 0 Å². The maximum Gasteiger partial charge on any atom is 0.344 e. The number of carbonyl (C=O) groups is 2. The largest absolute Gasteiger partial charge is 0.482 e. The van der Waals surface area contributed by atoms with Crippen molar-refractivity contribution in [1.82, 2.24) is 4.90 Å². The molecule has 1 unspecified atom stereocenters. The van der Waals surface area contributed by atoms with E-state index in [0.29, 0.717) is 11.4 Å². The van der Waals surface area contributed by atoms with Crippen LogP contribution in [-0.2, 0) is 14.3 Å². The Bertz CT molecular complexity index is 442. The molecule has 0 spiro atoms. The Balaban J connectivity index is 2.39. The number of nitrogen functional groups attached to an aromatic ring is 1. The molecule has 0 aliphatic carbocycles. The van der Waals surface area contributed by atoms with E-state index in [1.807, 2.05) is 0 Å². The van der Waals surface area contributed by atoms with Crippen molar-refractivity contribution in [2.75, 3.05) is 26.4 Å². The van der Waals surface area contributed by atoms with Crippen molar-refractivity contribution < 1.29 is 19.1 Å². The number of ether oxygens (including phenoxy) is 2. The molecule has 0 saturated heterocycles. The molecule has 1 rings (SSSR count). The van der Waals surface area contributed by atoms with Gasteiger partial charge in [0.15, 0.2) is 12.7 Å². The van der Waals surface area contributed by atoms with Gasteiger partial charge in [0.25, 0.3) is 5.91 Å². The maximum atomic E-state index is 11.5. The molecular formula is C13H18N2O4. The van der Waals surface area contributed by atoms with Gasteiger partial charge in [0.2, 0.25) is 0 Å². The standard InChI is InChI=1S/C13H18N2O4/c1-9(13(17)15(2)3)19-12(16)8-18-11-6-4-10(14)5-7-11/h4-7,9H,8,14H2,1-3H3. The average molecular weight is 266 g/mol. The fraction of sp³-hybridized carbons (Fsp3) is 0.385. The van der Waals surface area contributed by atoms with Crippen LogP contribution in [0.2, 0.25) is 0 Å². The number of carbonyl (C=O) groups excluding carboxylic acids is 2. The maximum absolute atomic E-state index is 11.5. The van der Waals surface area contributed by atoms with Crippen molar-refractivity contribution >= 4 is 17.6 Å². The Kier molecular flexibility index (Phi) is 5.17. The van der Waals surface area contributed by atoms with E-state index < -0.39 is 12.1 Å². The molecule has 1 aromatic rings. The van der Waals surface area contributed by atoms with E-state index in [4.69, 9.17) is 15.2 Å². The lowest BCUT2D eigenvalue weighted by Gasteiger charge is -2.17. The highest BCUT2D eigenvalue weighted by Gasteiger charge is 2.19. The van der Waals surface area contributed by atoms with Crippen LogP contribution in [-0.4, -0.2) is 43.6 Å². The molecule has 0 aliphatic rings. The van der Waals surface area contributed by atoms with Gasteiger partial charge in [-0.15, -0.1) is 0 Å². The quantitative estimate of drug-likeness (QED) is 0.625. The summed E-state index contributed by atoms with van der Waals surface area (Å²) in [7, 11) is 3.19. The predicted molar refractivity (Wildman–Crippen MR) is 70.6 cm³/mol. The number of likely N-dealkylation sites (N-methyl/N-ethyl adjacent to an activating group) is 1. The number of nitrogens with zero attached hydrogens (tertiary/aromatic N) is 1. The first-order valence-electron chi connectivity index (χ1n) is 5.79. The van der Waals surface area contributed by atoms with Gasteiger partial charge in [-0.2, -0.15) is 0 Å². The molecule has 0 radical (unpaired) electrons. The topological polar surface area (TPSA) is 81.9 Å². The number of esters is 1. The van der Waals surface area contributed by atoms with Gasteiger partial charge in [-0.25, -0.2) is 4.79 Å². The second kappa shape index (κ2) is 6.63. The molecule has 0 fully saturated rings. The van der Waals surface area contributed by atoms with Crippen LogP contribution in [0.25, 0.3) is 0 Å². The average Bonchev–Trinajstić information content (AvgIpc) is 2.37. The van der Waals surface area contributed by atoms with Gasteiger partial charge in [0.1, 0.15) is 5.75 Å². The molecule has 104 valence electrons. The lowest BCUT2D eigenvalue weighted by molar-refractivity contribution is -0.159. The Labute approximate surface area is 112 Å². The molecule has 6 heteroatoms. The molecule has 1 atom stereocenters. The zero-order valence-corrected chi connectivity index (χ0v) is 11.3. The normalized spacial score (nSPS) is 11.5. The number of rotatable bonds is 5. The summed E-state index contributed by atoms with van der Waals surface area (Å²) >= 11 is 0. The number of nitrogens with two attached hydrogens (primary N) is 1. The smallest absolute Gasteiger partial charge is 0.344 e. The van der Waals surface area contributed by atoms with Gasteiger partial charge >= 0.3 is 5.97 Å². The van der Waals surface area contributed by atoms with Crippen LogP contribution in [0.1, 0.15) is 6.92 Å². The fourth-order valence-corrected chi connectivity index (χ4v) is 1.35. The molecular weight excluding hydrogens is 248 g/mol. The highest BCUT2D eigenvalue weighted by molar-refractivity contribution is 5.83.